The Hall–Kier alpha value is -2.09. The number of amides is 1. The second-order valence-electron chi connectivity index (χ2n) is 7.71. The lowest BCUT2D eigenvalue weighted by molar-refractivity contribution is -0.140. The van der Waals surface area contributed by atoms with Crippen molar-refractivity contribution in [2.24, 2.45) is 0 Å². The highest BCUT2D eigenvalue weighted by Crippen LogP contribution is 2.38. The summed E-state index contributed by atoms with van der Waals surface area (Å²) in [6.45, 7) is 5.65. The summed E-state index contributed by atoms with van der Waals surface area (Å²) in [6, 6.07) is 2.30. The van der Waals surface area contributed by atoms with Gasteiger partial charge in [0, 0.05) is 5.56 Å². The second kappa shape index (κ2) is 6.82. The number of morpholine rings is 1. The van der Waals surface area contributed by atoms with Crippen LogP contribution in [0.2, 0.25) is 0 Å². The second-order valence-corrected chi connectivity index (χ2v) is 7.71. The maximum Gasteiger partial charge on any atom is 0.419 e. The Labute approximate surface area is 154 Å². The molecule has 2 atom stereocenters. The summed E-state index contributed by atoms with van der Waals surface area (Å²) in [5.74, 6) is -1.29. The monoisotopic (exact) mass is 387 g/mol. The van der Waals surface area contributed by atoms with E-state index >= 15 is 0 Å². The number of benzene rings is 1. The number of nitrogens with zero attached hydrogens (tertiary/aromatic N) is 1. The Balaban J connectivity index is 1.94. The first kappa shape index (κ1) is 19.7. The minimum absolute atomic E-state index is 0.0921. The molecule has 0 N–H and O–H groups in total. The molecule has 8 heteroatoms. The summed E-state index contributed by atoms with van der Waals surface area (Å²) in [6.07, 6.45) is -3.50. The first-order chi connectivity index (χ1) is 12.5. The first-order valence-corrected chi connectivity index (χ1v) is 8.63. The number of hydrogen-bond acceptors (Lipinski definition) is 3. The van der Waals surface area contributed by atoms with Crippen molar-refractivity contribution in [1.82, 2.24) is 4.90 Å². The number of carbonyl (C=O) groups excluding carboxylic acids is 1. The predicted molar refractivity (Wildman–Crippen MR) is 90.5 cm³/mol. The molecule has 0 saturated carbocycles. The van der Waals surface area contributed by atoms with Crippen LogP contribution in [0.15, 0.2) is 24.3 Å². The maximum absolute atomic E-state index is 14.5. The number of ether oxygens (including phenoxy) is 2. The van der Waals surface area contributed by atoms with Gasteiger partial charge in [0.2, 0.25) is 0 Å². The van der Waals surface area contributed by atoms with Crippen molar-refractivity contribution in [3.05, 3.63) is 41.2 Å². The van der Waals surface area contributed by atoms with Crippen LogP contribution < -0.4 is 0 Å². The van der Waals surface area contributed by atoms with Gasteiger partial charge in [0.1, 0.15) is 11.4 Å². The highest BCUT2D eigenvalue weighted by Gasteiger charge is 2.41. The molecule has 0 aromatic heterocycles. The minimum Gasteiger partial charge on any atom is -0.444 e. The predicted octanol–water partition coefficient (Wildman–Crippen LogP) is 4.64. The number of hydrogen-bond donors (Lipinski definition) is 0. The molecule has 1 aromatic rings. The molecule has 1 aromatic carbocycles. The molecule has 2 unspecified atom stereocenters. The van der Waals surface area contributed by atoms with Crippen molar-refractivity contribution in [1.29, 1.82) is 0 Å². The Morgan fingerprint density at radius 3 is 2.52 bits per heavy atom. The average Bonchev–Trinajstić information content (AvgIpc) is 2.51. The molecule has 2 bridgehead atoms. The van der Waals surface area contributed by atoms with Gasteiger partial charge >= 0.3 is 12.3 Å². The van der Waals surface area contributed by atoms with Gasteiger partial charge in [-0.2, -0.15) is 13.2 Å². The Kier molecular flexibility index (Phi) is 4.96. The van der Waals surface area contributed by atoms with E-state index in [-0.39, 0.29) is 25.2 Å². The molecular formula is C19H21F4NO3. The lowest BCUT2D eigenvalue weighted by Crippen LogP contribution is -2.57. The van der Waals surface area contributed by atoms with Crippen LogP contribution in [0.1, 0.15) is 38.3 Å². The maximum atomic E-state index is 14.5. The fourth-order valence-electron chi connectivity index (χ4n) is 3.39. The molecule has 2 heterocycles. The molecule has 0 radical (unpaired) electrons. The summed E-state index contributed by atoms with van der Waals surface area (Å²) < 4.78 is 64.4. The molecule has 27 heavy (non-hydrogen) atoms. The van der Waals surface area contributed by atoms with Crippen LogP contribution in [0.5, 0.6) is 0 Å². The van der Waals surface area contributed by atoms with Gasteiger partial charge in [-0.25, -0.2) is 9.18 Å². The zero-order chi connectivity index (χ0) is 20.0. The van der Waals surface area contributed by atoms with Crippen molar-refractivity contribution in [3.8, 4) is 0 Å². The van der Waals surface area contributed by atoms with Gasteiger partial charge in [-0.15, -0.1) is 0 Å². The van der Waals surface area contributed by atoms with Crippen molar-refractivity contribution in [2.75, 3.05) is 13.2 Å². The third kappa shape index (κ3) is 4.10. The van der Waals surface area contributed by atoms with Crippen LogP contribution in [0, 0.1) is 5.82 Å². The van der Waals surface area contributed by atoms with E-state index in [2.05, 4.69) is 0 Å². The largest absolute Gasteiger partial charge is 0.444 e. The minimum atomic E-state index is -4.77. The Morgan fingerprint density at radius 1 is 1.22 bits per heavy atom. The molecule has 0 spiro atoms. The van der Waals surface area contributed by atoms with E-state index in [1.54, 1.807) is 26.8 Å². The van der Waals surface area contributed by atoms with Crippen LogP contribution in [0.25, 0.3) is 5.57 Å². The number of halogens is 4. The van der Waals surface area contributed by atoms with Crippen LogP contribution in [0.3, 0.4) is 0 Å². The van der Waals surface area contributed by atoms with Gasteiger partial charge < -0.3 is 9.47 Å². The summed E-state index contributed by atoms with van der Waals surface area (Å²) in [5, 5.41) is 0. The number of fused-ring (bicyclic) bond motifs is 2. The van der Waals surface area contributed by atoms with E-state index < -0.39 is 41.3 Å². The van der Waals surface area contributed by atoms with Gasteiger partial charge in [-0.1, -0.05) is 18.2 Å². The van der Waals surface area contributed by atoms with Crippen molar-refractivity contribution in [3.63, 3.8) is 0 Å². The van der Waals surface area contributed by atoms with E-state index in [9.17, 15) is 22.4 Å². The average molecular weight is 387 g/mol. The third-order valence-electron chi connectivity index (χ3n) is 4.45. The molecule has 2 aliphatic rings. The van der Waals surface area contributed by atoms with Crippen LogP contribution in [0.4, 0.5) is 22.4 Å². The highest BCUT2D eigenvalue weighted by atomic mass is 19.4. The molecule has 0 aliphatic carbocycles. The number of rotatable bonds is 1. The van der Waals surface area contributed by atoms with Gasteiger partial charge in [-0.05, 0) is 38.8 Å². The van der Waals surface area contributed by atoms with Gasteiger partial charge in [-0.3, -0.25) is 4.90 Å². The normalized spacial score (nSPS) is 23.1. The molecule has 3 rings (SSSR count). The van der Waals surface area contributed by atoms with Crippen LogP contribution in [-0.4, -0.2) is 41.9 Å². The Bertz CT molecular complexity index is 767. The van der Waals surface area contributed by atoms with Gasteiger partial charge in [0.05, 0.1) is 30.9 Å². The smallest absolute Gasteiger partial charge is 0.419 e. The lowest BCUT2D eigenvalue weighted by atomic mass is 9.89. The first-order valence-electron chi connectivity index (χ1n) is 8.63. The molecule has 1 amide bonds. The van der Waals surface area contributed by atoms with Crippen LogP contribution >= 0.6 is 0 Å². The molecule has 1 fully saturated rings. The van der Waals surface area contributed by atoms with Gasteiger partial charge in [0.25, 0.3) is 0 Å². The van der Waals surface area contributed by atoms with E-state index in [0.717, 1.165) is 6.07 Å². The van der Waals surface area contributed by atoms with E-state index in [1.165, 1.54) is 17.0 Å². The quantitative estimate of drug-likeness (QED) is 0.659. The molecule has 1 saturated heterocycles. The third-order valence-corrected chi connectivity index (χ3v) is 4.45. The summed E-state index contributed by atoms with van der Waals surface area (Å²) in [4.78, 5) is 14.1. The Morgan fingerprint density at radius 2 is 1.93 bits per heavy atom. The van der Waals surface area contributed by atoms with Gasteiger partial charge in [0.15, 0.2) is 0 Å². The van der Waals surface area contributed by atoms with E-state index in [0.29, 0.717) is 5.57 Å². The van der Waals surface area contributed by atoms with Crippen molar-refractivity contribution in [2.45, 2.75) is 51.1 Å². The molecule has 4 nitrogen and oxygen atoms in total. The summed E-state index contributed by atoms with van der Waals surface area (Å²) in [5.41, 5.74) is -1.62. The zero-order valence-corrected chi connectivity index (χ0v) is 15.3. The molecule has 148 valence electrons. The fourth-order valence-corrected chi connectivity index (χ4v) is 3.39. The summed E-state index contributed by atoms with van der Waals surface area (Å²) in [7, 11) is 0. The van der Waals surface area contributed by atoms with E-state index in [1.807, 2.05) is 0 Å². The standard InChI is InChI=1S/C19H21F4NO3/c1-18(2,3)27-17(25)24-12-7-11(8-13(24)10-26-9-12)14-5-4-6-15(16(14)20)19(21,22)23/h4-7,12-13H,8-10H2,1-3H3. The van der Waals surface area contributed by atoms with Crippen molar-refractivity contribution < 1.29 is 31.8 Å². The SMILES string of the molecule is CC(C)(C)OC(=O)N1C2C=C(c3cccc(C(F)(F)F)c3F)CC1COC2. The van der Waals surface area contributed by atoms with Crippen LogP contribution in [-0.2, 0) is 15.7 Å². The number of alkyl halides is 3. The number of carbonyl (C=O) groups is 1. The lowest BCUT2D eigenvalue weighted by Gasteiger charge is -2.44. The fraction of sp³-hybridized carbons (Fsp3) is 0.526. The molecular weight excluding hydrogens is 366 g/mol. The zero-order valence-electron chi connectivity index (χ0n) is 15.3. The van der Waals surface area contributed by atoms with E-state index in [4.69, 9.17) is 9.47 Å². The molecule has 2 aliphatic heterocycles. The topological polar surface area (TPSA) is 38.8 Å². The summed E-state index contributed by atoms with van der Waals surface area (Å²) >= 11 is 0. The highest BCUT2D eigenvalue weighted by molar-refractivity contribution is 5.75. The van der Waals surface area contributed by atoms with Crippen molar-refractivity contribution >= 4 is 11.7 Å².